The smallest absolute Gasteiger partial charge is 0.255 e. The van der Waals surface area contributed by atoms with Gasteiger partial charge < -0.3 is 14.4 Å². The maximum Gasteiger partial charge on any atom is 0.255 e. The van der Waals surface area contributed by atoms with Gasteiger partial charge in [-0.05, 0) is 37.0 Å². The first kappa shape index (κ1) is 17.5. The Kier molecular flexibility index (Phi) is 6.96. The second kappa shape index (κ2) is 8.73. The van der Waals surface area contributed by atoms with Crippen LogP contribution >= 0.6 is 23.2 Å². The van der Waals surface area contributed by atoms with Gasteiger partial charge in [0.05, 0.1) is 23.8 Å². The normalized spacial score (nSPS) is 16.0. The van der Waals surface area contributed by atoms with Crippen LogP contribution in [0.15, 0.2) is 18.2 Å². The first-order chi connectivity index (χ1) is 10.6. The van der Waals surface area contributed by atoms with Crippen molar-refractivity contribution in [1.82, 2.24) is 4.90 Å². The van der Waals surface area contributed by atoms with Gasteiger partial charge in [-0.15, -0.1) is 0 Å². The van der Waals surface area contributed by atoms with Crippen LogP contribution in [-0.2, 0) is 9.47 Å². The van der Waals surface area contributed by atoms with E-state index in [4.69, 9.17) is 32.7 Å². The van der Waals surface area contributed by atoms with E-state index in [1.165, 1.54) is 0 Å². The largest absolute Gasteiger partial charge is 0.382 e. The number of carbonyl (C=O) groups excluding carboxylic acids is 1. The van der Waals surface area contributed by atoms with Crippen LogP contribution < -0.4 is 0 Å². The average Bonchev–Trinajstić information content (AvgIpc) is 2.52. The van der Waals surface area contributed by atoms with Crippen LogP contribution in [0.3, 0.4) is 0 Å². The van der Waals surface area contributed by atoms with Crippen LogP contribution in [0.4, 0.5) is 0 Å². The summed E-state index contributed by atoms with van der Waals surface area (Å²) in [5, 5.41) is 0.941. The van der Waals surface area contributed by atoms with Crippen LogP contribution in [0, 0.1) is 5.92 Å². The highest BCUT2D eigenvalue weighted by Gasteiger charge is 2.24. The summed E-state index contributed by atoms with van der Waals surface area (Å²) in [6.07, 6.45) is 1.90. The fraction of sp³-hybridized carbons (Fsp3) is 0.562. The van der Waals surface area contributed by atoms with E-state index in [-0.39, 0.29) is 5.91 Å². The first-order valence-electron chi connectivity index (χ1n) is 7.43. The van der Waals surface area contributed by atoms with Gasteiger partial charge in [0, 0.05) is 31.8 Å². The Balaban J connectivity index is 1.82. The number of hydrogen-bond donors (Lipinski definition) is 0. The number of carbonyl (C=O) groups is 1. The number of nitrogens with zero attached hydrogens (tertiary/aromatic N) is 1. The molecule has 1 aromatic carbocycles. The van der Waals surface area contributed by atoms with Crippen LogP contribution in [0.1, 0.15) is 23.2 Å². The van der Waals surface area contributed by atoms with Crippen molar-refractivity contribution in [3.8, 4) is 0 Å². The summed E-state index contributed by atoms with van der Waals surface area (Å²) < 4.78 is 10.5. The monoisotopic (exact) mass is 345 g/mol. The molecule has 22 heavy (non-hydrogen) atoms. The Hall–Kier alpha value is -0.810. The summed E-state index contributed by atoms with van der Waals surface area (Å²) in [6.45, 7) is 3.43. The maximum absolute atomic E-state index is 12.5. The van der Waals surface area contributed by atoms with E-state index in [2.05, 4.69) is 0 Å². The van der Waals surface area contributed by atoms with Crippen molar-refractivity contribution in [2.75, 3.05) is 40.0 Å². The summed E-state index contributed by atoms with van der Waals surface area (Å²) in [5.41, 5.74) is 0.515. The molecule has 1 amide bonds. The Labute approximate surface area is 141 Å². The molecule has 0 aliphatic carbocycles. The van der Waals surface area contributed by atoms with Crippen molar-refractivity contribution in [2.45, 2.75) is 12.8 Å². The summed E-state index contributed by atoms with van der Waals surface area (Å²) in [7, 11) is 1.66. The number of methoxy groups -OCH3 is 1. The predicted molar refractivity (Wildman–Crippen MR) is 87.8 cm³/mol. The van der Waals surface area contributed by atoms with E-state index in [1.807, 2.05) is 4.90 Å². The zero-order chi connectivity index (χ0) is 15.9. The first-order valence-corrected chi connectivity index (χ1v) is 8.18. The number of amides is 1. The highest BCUT2D eigenvalue weighted by atomic mass is 35.5. The molecular formula is C16H21Cl2NO3. The molecule has 4 nitrogen and oxygen atoms in total. The van der Waals surface area contributed by atoms with Crippen molar-refractivity contribution in [1.29, 1.82) is 0 Å². The van der Waals surface area contributed by atoms with E-state index in [0.717, 1.165) is 32.5 Å². The minimum absolute atomic E-state index is 0.0274. The zero-order valence-corrected chi connectivity index (χ0v) is 14.2. The zero-order valence-electron chi connectivity index (χ0n) is 12.7. The molecule has 0 saturated carbocycles. The third-order valence-corrected chi connectivity index (χ3v) is 4.40. The number of rotatable bonds is 6. The van der Waals surface area contributed by atoms with Crippen LogP contribution in [-0.4, -0.2) is 50.8 Å². The number of piperidine rings is 1. The molecule has 1 heterocycles. The van der Waals surface area contributed by atoms with Crippen LogP contribution in [0.2, 0.25) is 10.0 Å². The lowest BCUT2D eigenvalue weighted by molar-refractivity contribution is 0.0327. The fourth-order valence-corrected chi connectivity index (χ4v) is 3.02. The average molecular weight is 346 g/mol. The van der Waals surface area contributed by atoms with Crippen LogP contribution in [0.5, 0.6) is 0 Å². The molecule has 1 aliphatic heterocycles. The molecule has 0 atom stereocenters. The minimum Gasteiger partial charge on any atom is -0.382 e. The third-order valence-electron chi connectivity index (χ3n) is 3.85. The number of halogens is 2. The quantitative estimate of drug-likeness (QED) is 0.740. The van der Waals surface area contributed by atoms with E-state index < -0.39 is 0 Å². The number of ether oxygens (including phenoxy) is 2. The standard InChI is InChI=1S/C16H21Cl2NO3/c1-21-8-9-22-11-12-4-6-19(7-5-12)16(20)14-3-2-13(17)10-15(14)18/h2-3,10,12H,4-9,11H2,1H3. The van der Waals surface area contributed by atoms with E-state index in [9.17, 15) is 4.79 Å². The molecule has 1 aliphatic rings. The lowest BCUT2D eigenvalue weighted by Crippen LogP contribution is -2.39. The van der Waals surface area contributed by atoms with Gasteiger partial charge in [0.25, 0.3) is 5.91 Å². The van der Waals surface area contributed by atoms with Gasteiger partial charge in [-0.2, -0.15) is 0 Å². The number of hydrogen-bond acceptors (Lipinski definition) is 3. The van der Waals surface area contributed by atoms with Gasteiger partial charge in [-0.1, -0.05) is 23.2 Å². The van der Waals surface area contributed by atoms with Gasteiger partial charge in [-0.25, -0.2) is 0 Å². The Morgan fingerprint density at radius 2 is 2.00 bits per heavy atom. The maximum atomic E-state index is 12.5. The van der Waals surface area contributed by atoms with E-state index in [1.54, 1.807) is 25.3 Å². The van der Waals surface area contributed by atoms with E-state index in [0.29, 0.717) is 34.7 Å². The van der Waals surface area contributed by atoms with Gasteiger partial charge in [0.15, 0.2) is 0 Å². The second-order valence-electron chi connectivity index (χ2n) is 5.43. The fourth-order valence-electron chi connectivity index (χ4n) is 2.53. The summed E-state index contributed by atoms with van der Waals surface area (Å²) in [5.74, 6) is 0.474. The molecule has 1 saturated heterocycles. The van der Waals surface area contributed by atoms with Crippen molar-refractivity contribution in [3.05, 3.63) is 33.8 Å². The second-order valence-corrected chi connectivity index (χ2v) is 6.27. The van der Waals surface area contributed by atoms with E-state index >= 15 is 0 Å². The minimum atomic E-state index is -0.0274. The molecule has 0 aromatic heterocycles. The molecule has 0 bridgehead atoms. The van der Waals surface area contributed by atoms with Crippen molar-refractivity contribution < 1.29 is 14.3 Å². The topological polar surface area (TPSA) is 38.8 Å². The highest BCUT2D eigenvalue weighted by Crippen LogP contribution is 2.25. The molecule has 0 spiro atoms. The molecule has 0 unspecified atom stereocenters. The van der Waals surface area contributed by atoms with Crippen molar-refractivity contribution >= 4 is 29.1 Å². The van der Waals surface area contributed by atoms with Crippen molar-refractivity contribution in [2.24, 2.45) is 5.92 Å². The molecule has 122 valence electrons. The Morgan fingerprint density at radius 1 is 1.27 bits per heavy atom. The predicted octanol–water partition coefficient (Wildman–Crippen LogP) is 3.51. The SMILES string of the molecule is COCCOCC1CCN(C(=O)c2ccc(Cl)cc2Cl)CC1. The van der Waals surface area contributed by atoms with Gasteiger partial charge in [0.1, 0.15) is 0 Å². The molecule has 1 aromatic rings. The highest BCUT2D eigenvalue weighted by molar-refractivity contribution is 6.36. The Morgan fingerprint density at radius 3 is 2.64 bits per heavy atom. The molecule has 0 N–H and O–H groups in total. The summed E-state index contributed by atoms with van der Waals surface area (Å²) >= 11 is 12.0. The Bertz CT molecular complexity index is 502. The van der Waals surface area contributed by atoms with Crippen molar-refractivity contribution in [3.63, 3.8) is 0 Å². The lowest BCUT2D eigenvalue weighted by Gasteiger charge is -2.32. The molecule has 2 rings (SSSR count). The molecular weight excluding hydrogens is 325 g/mol. The molecule has 6 heteroatoms. The third kappa shape index (κ3) is 4.85. The molecule has 1 fully saturated rings. The lowest BCUT2D eigenvalue weighted by atomic mass is 9.97. The van der Waals surface area contributed by atoms with Gasteiger partial charge in [-0.3, -0.25) is 4.79 Å². The van der Waals surface area contributed by atoms with Crippen LogP contribution in [0.25, 0.3) is 0 Å². The number of benzene rings is 1. The molecule has 0 radical (unpaired) electrons. The number of likely N-dealkylation sites (tertiary alicyclic amines) is 1. The summed E-state index contributed by atoms with van der Waals surface area (Å²) in [4.78, 5) is 14.3. The van der Waals surface area contributed by atoms with Gasteiger partial charge >= 0.3 is 0 Å². The van der Waals surface area contributed by atoms with Gasteiger partial charge in [0.2, 0.25) is 0 Å². The summed E-state index contributed by atoms with van der Waals surface area (Å²) in [6, 6.07) is 4.98.